The van der Waals surface area contributed by atoms with Gasteiger partial charge in [0.1, 0.15) is 5.82 Å². The molecule has 1 aromatic carbocycles. The Morgan fingerprint density at radius 1 is 1.29 bits per heavy atom. The highest BCUT2D eigenvalue weighted by Crippen LogP contribution is 2.68. The largest absolute Gasteiger partial charge is 0.325 e. The molecule has 0 aromatic heterocycles. The smallest absolute Gasteiger partial charge is 0.258 e. The summed E-state index contributed by atoms with van der Waals surface area (Å²) in [7, 11) is 0. The molecule has 3 nitrogen and oxygen atoms in total. The van der Waals surface area contributed by atoms with Crippen LogP contribution in [-0.2, 0) is 4.79 Å². The van der Waals surface area contributed by atoms with E-state index in [4.69, 9.17) is 0 Å². The number of carbonyl (C=O) groups is 2. The van der Waals surface area contributed by atoms with E-state index in [0.717, 1.165) is 5.57 Å². The molecule has 2 atom stereocenters. The van der Waals surface area contributed by atoms with E-state index < -0.39 is 11.7 Å². The number of rotatable bonds is 3. The molecular weight excluding hydrogens is 269 g/mol. The third-order valence-electron chi connectivity index (χ3n) is 4.87. The average Bonchev–Trinajstić information content (AvgIpc) is 2.78. The highest BCUT2D eigenvalue weighted by atomic mass is 19.1. The van der Waals surface area contributed by atoms with Gasteiger partial charge < -0.3 is 5.32 Å². The Balaban J connectivity index is 1.87. The van der Waals surface area contributed by atoms with E-state index in [2.05, 4.69) is 19.2 Å². The van der Waals surface area contributed by atoms with E-state index >= 15 is 0 Å². The van der Waals surface area contributed by atoms with Gasteiger partial charge in [-0.1, -0.05) is 26.0 Å². The van der Waals surface area contributed by atoms with Crippen LogP contribution in [-0.4, -0.2) is 11.7 Å². The second-order valence-electron chi connectivity index (χ2n) is 6.49. The molecule has 0 saturated heterocycles. The van der Waals surface area contributed by atoms with Crippen LogP contribution in [0.4, 0.5) is 4.39 Å². The van der Waals surface area contributed by atoms with Crippen molar-refractivity contribution in [3.63, 3.8) is 0 Å². The highest BCUT2D eigenvalue weighted by molar-refractivity contribution is 6.00. The maximum absolute atomic E-state index is 13.6. The monoisotopic (exact) mass is 287 g/mol. The van der Waals surface area contributed by atoms with Crippen molar-refractivity contribution in [3.8, 4) is 0 Å². The fraction of sp³-hybridized carbons (Fsp3) is 0.412. The minimum Gasteiger partial charge on any atom is -0.325 e. The Morgan fingerprint density at radius 2 is 1.95 bits per heavy atom. The lowest BCUT2D eigenvalue weighted by molar-refractivity contribution is -0.114. The summed E-state index contributed by atoms with van der Waals surface area (Å²) in [6.45, 7) is 5.81. The first-order valence-electron chi connectivity index (χ1n) is 7.14. The first-order chi connectivity index (χ1) is 9.84. The molecule has 1 fully saturated rings. The summed E-state index contributed by atoms with van der Waals surface area (Å²) in [5.74, 6) is -0.403. The van der Waals surface area contributed by atoms with Crippen molar-refractivity contribution in [2.24, 2.45) is 17.3 Å². The molecule has 0 radical (unpaired) electrons. The van der Waals surface area contributed by atoms with Gasteiger partial charge in [-0.25, -0.2) is 4.39 Å². The third kappa shape index (κ3) is 2.09. The maximum Gasteiger partial charge on any atom is 0.258 e. The van der Waals surface area contributed by atoms with Gasteiger partial charge in [0, 0.05) is 11.3 Å². The Hall–Kier alpha value is -1.97. The van der Waals surface area contributed by atoms with Crippen LogP contribution in [0.3, 0.4) is 0 Å². The summed E-state index contributed by atoms with van der Waals surface area (Å²) in [5.41, 5.74) is 1.53. The van der Waals surface area contributed by atoms with Crippen LogP contribution in [0.5, 0.6) is 0 Å². The van der Waals surface area contributed by atoms with Crippen LogP contribution in [0.1, 0.15) is 37.6 Å². The van der Waals surface area contributed by atoms with Crippen LogP contribution in [0.2, 0.25) is 0 Å². The zero-order chi connectivity index (χ0) is 15.4. The van der Waals surface area contributed by atoms with Gasteiger partial charge in [-0.2, -0.15) is 0 Å². The van der Waals surface area contributed by atoms with E-state index in [1.54, 1.807) is 12.1 Å². The topological polar surface area (TPSA) is 46.2 Å². The average molecular weight is 287 g/mol. The second-order valence-corrected chi connectivity index (χ2v) is 6.49. The Kier molecular flexibility index (Phi) is 3.01. The molecule has 0 unspecified atom stereocenters. The van der Waals surface area contributed by atoms with Crippen molar-refractivity contribution in [2.45, 2.75) is 27.2 Å². The molecule has 1 N–H and O–H groups in total. The SMILES string of the molecule is CC(=O)C1=C(NC(=O)c2ccccc2F)C[C@@H]2[C@@H]1C2(C)C. The number of amides is 1. The molecular formula is C17H18FNO2. The summed E-state index contributed by atoms with van der Waals surface area (Å²) in [4.78, 5) is 24.1. The molecule has 2 aliphatic rings. The van der Waals surface area contributed by atoms with Gasteiger partial charge >= 0.3 is 0 Å². The van der Waals surface area contributed by atoms with E-state index in [9.17, 15) is 14.0 Å². The van der Waals surface area contributed by atoms with E-state index in [-0.39, 0.29) is 22.7 Å². The standard InChI is InChI=1S/C17H18FNO2/c1-9(20)14-13(8-11-15(14)17(11,2)3)19-16(21)10-6-4-5-7-12(10)18/h4-7,11,15H,8H2,1-3H3,(H,19,21)/t11-,15+/m1/s1. The lowest BCUT2D eigenvalue weighted by Gasteiger charge is -2.15. The van der Waals surface area contributed by atoms with Gasteiger partial charge in [0.2, 0.25) is 0 Å². The number of nitrogens with one attached hydrogen (secondary N) is 1. The molecule has 0 bridgehead atoms. The Morgan fingerprint density at radius 3 is 2.57 bits per heavy atom. The van der Waals surface area contributed by atoms with Crippen LogP contribution >= 0.6 is 0 Å². The van der Waals surface area contributed by atoms with Gasteiger partial charge in [0.25, 0.3) is 5.91 Å². The zero-order valence-electron chi connectivity index (χ0n) is 12.4. The van der Waals surface area contributed by atoms with Crippen molar-refractivity contribution >= 4 is 11.7 Å². The molecule has 1 amide bonds. The molecule has 1 aromatic rings. The first kappa shape index (κ1) is 14.0. The normalized spacial score (nSPS) is 25.5. The van der Waals surface area contributed by atoms with E-state index in [1.165, 1.54) is 19.1 Å². The lowest BCUT2D eigenvalue weighted by atomic mass is 9.96. The van der Waals surface area contributed by atoms with Gasteiger partial charge in [-0.05, 0) is 42.7 Å². The second kappa shape index (κ2) is 4.52. The number of halogens is 1. The van der Waals surface area contributed by atoms with E-state index in [1.807, 2.05) is 0 Å². The highest BCUT2D eigenvalue weighted by Gasteiger charge is 2.64. The molecule has 21 heavy (non-hydrogen) atoms. The number of hydrogen-bond donors (Lipinski definition) is 1. The Labute approximate surface area is 123 Å². The number of fused-ring (bicyclic) bond motifs is 1. The summed E-state index contributed by atoms with van der Waals surface area (Å²) in [5, 5.41) is 2.75. The minimum atomic E-state index is -0.552. The van der Waals surface area contributed by atoms with Crippen molar-refractivity contribution in [3.05, 3.63) is 46.9 Å². The van der Waals surface area contributed by atoms with Crippen molar-refractivity contribution in [2.75, 3.05) is 0 Å². The molecule has 3 rings (SSSR count). The van der Waals surface area contributed by atoms with Crippen molar-refractivity contribution in [1.29, 1.82) is 0 Å². The lowest BCUT2D eigenvalue weighted by Crippen LogP contribution is -2.26. The molecule has 1 saturated carbocycles. The third-order valence-corrected chi connectivity index (χ3v) is 4.87. The summed E-state index contributed by atoms with van der Waals surface area (Å²) < 4.78 is 13.6. The summed E-state index contributed by atoms with van der Waals surface area (Å²) >= 11 is 0. The summed E-state index contributed by atoms with van der Waals surface area (Å²) in [6.07, 6.45) is 0.687. The van der Waals surface area contributed by atoms with E-state index in [0.29, 0.717) is 18.0 Å². The van der Waals surface area contributed by atoms with Gasteiger partial charge in [0.15, 0.2) is 5.78 Å². The van der Waals surface area contributed by atoms with Gasteiger partial charge in [-0.15, -0.1) is 0 Å². The molecule has 110 valence electrons. The van der Waals surface area contributed by atoms with Crippen molar-refractivity contribution < 1.29 is 14.0 Å². The van der Waals surface area contributed by atoms with Crippen LogP contribution in [0.25, 0.3) is 0 Å². The molecule has 0 heterocycles. The van der Waals surface area contributed by atoms with Crippen molar-refractivity contribution in [1.82, 2.24) is 5.32 Å². The summed E-state index contributed by atoms with van der Waals surface area (Å²) in [6, 6.07) is 5.86. The first-order valence-corrected chi connectivity index (χ1v) is 7.14. The molecule has 0 aliphatic heterocycles. The molecule has 0 spiro atoms. The molecule has 2 aliphatic carbocycles. The number of benzene rings is 1. The van der Waals surface area contributed by atoms with Crippen LogP contribution in [0, 0.1) is 23.1 Å². The number of carbonyl (C=O) groups excluding carboxylic acids is 2. The fourth-order valence-corrected chi connectivity index (χ4v) is 3.62. The number of ketones is 1. The van der Waals surface area contributed by atoms with Crippen LogP contribution < -0.4 is 5.32 Å². The predicted octanol–water partition coefficient (Wildman–Crippen LogP) is 3.07. The quantitative estimate of drug-likeness (QED) is 0.928. The predicted molar refractivity (Wildman–Crippen MR) is 77.0 cm³/mol. The fourth-order valence-electron chi connectivity index (χ4n) is 3.62. The molecule has 4 heteroatoms. The van der Waals surface area contributed by atoms with Gasteiger partial charge in [-0.3, -0.25) is 9.59 Å². The Bertz CT molecular complexity index is 675. The number of Topliss-reactive ketones (excluding diaryl/α,β-unsaturated/α-hetero) is 1. The van der Waals surface area contributed by atoms with Crippen LogP contribution in [0.15, 0.2) is 35.5 Å². The maximum atomic E-state index is 13.6. The number of hydrogen-bond acceptors (Lipinski definition) is 2. The zero-order valence-corrected chi connectivity index (χ0v) is 12.4. The van der Waals surface area contributed by atoms with Gasteiger partial charge in [0.05, 0.1) is 5.56 Å². The number of allylic oxidation sites excluding steroid dienone is 2. The minimum absolute atomic E-state index is 0.00286.